The van der Waals surface area contributed by atoms with E-state index in [-0.39, 0.29) is 35.7 Å². The molecule has 1 atom stereocenters. The molecule has 0 saturated carbocycles. The molecule has 1 aromatic carbocycles. The largest absolute Gasteiger partial charge is 0.365 e. The van der Waals surface area contributed by atoms with Gasteiger partial charge in [0, 0.05) is 32.2 Å². The summed E-state index contributed by atoms with van der Waals surface area (Å²) >= 11 is 0. The van der Waals surface area contributed by atoms with E-state index >= 15 is 0 Å². The molecule has 7 heteroatoms. The highest BCUT2D eigenvalue weighted by molar-refractivity contribution is 14.0. The molecule has 1 fully saturated rings. The van der Waals surface area contributed by atoms with Crippen molar-refractivity contribution in [2.75, 3.05) is 31.1 Å². The van der Waals surface area contributed by atoms with Crippen LogP contribution in [0.15, 0.2) is 23.2 Å². The summed E-state index contributed by atoms with van der Waals surface area (Å²) in [6.07, 6.45) is 1.80. The number of anilines is 1. The molecule has 0 bridgehead atoms. The van der Waals surface area contributed by atoms with E-state index in [1.165, 1.54) is 18.2 Å². The monoisotopic (exact) mass is 438 g/mol. The number of nitrogens with zero attached hydrogens (tertiary/aromatic N) is 2. The molecule has 1 aliphatic rings. The maximum atomic E-state index is 13.8. The van der Waals surface area contributed by atoms with Crippen LogP contribution in [0.2, 0.25) is 0 Å². The van der Waals surface area contributed by atoms with Gasteiger partial charge < -0.3 is 15.5 Å². The van der Waals surface area contributed by atoms with Crippen LogP contribution in [-0.2, 0) is 0 Å². The van der Waals surface area contributed by atoms with Gasteiger partial charge in [0.1, 0.15) is 17.3 Å². The van der Waals surface area contributed by atoms with E-state index in [9.17, 15) is 8.78 Å². The van der Waals surface area contributed by atoms with Gasteiger partial charge in [0.25, 0.3) is 0 Å². The van der Waals surface area contributed by atoms with Crippen molar-refractivity contribution in [3.63, 3.8) is 0 Å². The van der Waals surface area contributed by atoms with Gasteiger partial charge >= 0.3 is 0 Å². The van der Waals surface area contributed by atoms with Crippen molar-refractivity contribution < 1.29 is 8.78 Å². The van der Waals surface area contributed by atoms with Gasteiger partial charge in [-0.05, 0) is 31.9 Å². The van der Waals surface area contributed by atoms with Crippen LogP contribution in [0.25, 0.3) is 0 Å². The number of guanidine groups is 1. The Morgan fingerprint density at radius 2 is 2.00 bits per heavy atom. The summed E-state index contributed by atoms with van der Waals surface area (Å²) in [5.41, 5.74) is 0.0716. The summed E-state index contributed by atoms with van der Waals surface area (Å²) in [5, 5.41) is 6.54. The Morgan fingerprint density at radius 1 is 1.30 bits per heavy atom. The minimum atomic E-state index is -0.507. The Bertz CT molecular complexity index is 505. The van der Waals surface area contributed by atoms with Crippen molar-refractivity contribution in [1.29, 1.82) is 0 Å². The lowest BCUT2D eigenvalue weighted by Gasteiger charge is -2.21. The fourth-order valence-electron chi connectivity index (χ4n) is 2.61. The lowest BCUT2D eigenvalue weighted by molar-refractivity contribution is 0.576. The molecule has 2 rings (SSSR count). The molecule has 0 aromatic heterocycles. The Kier molecular flexibility index (Phi) is 8.57. The van der Waals surface area contributed by atoms with E-state index in [2.05, 4.69) is 22.5 Å². The molecule has 1 aromatic rings. The van der Waals surface area contributed by atoms with Crippen LogP contribution in [0.4, 0.5) is 14.5 Å². The summed E-state index contributed by atoms with van der Waals surface area (Å²) in [6.45, 7) is 6.82. The van der Waals surface area contributed by atoms with E-state index in [1.54, 1.807) is 4.90 Å². The smallest absolute Gasteiger partial charge is 0.191 e. The first kappa shape index (κ1) is 19.9. The molecule has 1 saturated heterocycles. The molecule has 1 aliphatic heterocycles. The third kappa shape index (κ3) is 5.47. The van der Waals surface area contributed by atoms with Crippen LogP contribution < -0.4 is 15.5 Å². The van der Waals surface area contributed by atoms with Crippen LogP contribution in [0.1, 0.15) is 26.7 Å². The lowest BCUT2D eigenvalue weighted by Crippen LogP contribution is -2.44. The van der Waals surface area contributed by atoms with Gasteiger partial charge in [0.15, 0.2) is 5.96 Å². The second-order valence-electron chi connectivity index (χ2n) is 5.41. The summed E-state index contributed by atoms with van der Waals surface area (Å²) < 4.78 is 27.7. The zero-order valence-electron chi connectivity index (χ0n) is 13.6. The topological polar surface area (TPSA) is 39.7 Å². The highest BCUT2D eigenvalue weighted by Crippen LogP contribution is 2.26. The number of aliphatic imine (C=N–C) groups is 1. The number of para-hydroxylation sites is 1. The van der Waals surface area contributed by atoms with E-state index in [0.29, 0.717) is 13.1 Å². The molecular weight excluding hydrogens is 413 g/mol. The average molecular weight is 438 g/mol. The molecule has 23 heavy (non-hydrogen) atoms. The van der Waals surface area contributed by atoms with Crippen LogP contribution in [0.5, 0.6) is 0 Å². The van der Waals surface area contributed by atoms with Crippen molar-refractivity contribution in [3.8, 4) is 0 Å². The quantitative estimate of drug-likeness (QED) is 0.422. The first-order valence-corrected chi connectivity index (χ1v) is 7.89. The van der Waals surface area contributed by atoms with Crippen LogP contribution in [0, 0.1) is 11.6 Å². The predicted octanol–water partition coefficient (Wildman–Crippen LogP) is 3.13. The van der Waals surface area contributed by atoms with Gasteiger partial charge in [-0.2, -0.15) is 0 Å². The molecule has 0 radical (unpaired) electrons. The third-order valence-corrected chi connectivity index (χ3v) is 3.62. The zero-order chi connectivity index (χ0) is 15.9. The molecular formula is C16H25F2IN4. The molecule has 4 nitrogen and oxygen atoms in total. The molecule has 0 aliphatic carbocycles. The van der Waals surface area contributed by atoms with Crippen LogP contribution in [0.3, 0.4) is 0 Å². The Labute approximate surface area is 153 Å². The maximum absolute atomic E-state index is 13.8. The Hall–Kier alpha value is -1.12. The number of hydrogen-bond acceptors (Lipinski definition) is 2. The number of rotatable bonds is 5. The molecule has 0 spiro atoms. The van der Waals surface area contributed by atoms with Gasteiger partial charge in [-0.25, -0.2) is 8.78 Å². The summed E-state index contributed by atoms with van der Waals surface area (Å²) in [7, 11) is 0. The normalized spacial score (nSPS) is 17.8. The van der Waals surface area contributed by atoms with Crippen LogP contribution >= 0.6 is 24.0 Å². The molecule has 0 amide bonds. The highest BCUT2D eigenvalue weighted by Gasteiger charge is 2.27. The predicted molar refractivity (Wildman–Crippen MR) is 102 cm³/mol. The number of benzene rings is 1. The summed E-state index contributed by atoms with van der Waals surface area (Å²) in [4.78, 5) is 6.21. The number of halogens is 3. The zero-order valence-corrected chi connectivity index (χ0v) is 15.9. The maximum Gasteiger partial charge on any atom is 0.191 e. The second kappa shape index (κ2) is 9.89. The number of nitrogens with one attached hydrogen (secondary N) is 2. The fraction of sp³-hybridized carbons (Fsp3) is 0.562. The van der Waals surface area contributed by atoms with Crippen molar-refractivity contribution in [2.24, 2.45) is 4.99 Å². The van der Waals surface area contributed by atoms with E-state index in [0.717, 1.165) is 31.9 Å². The Morgan fingerprint density at radius 3 is 2.61 bits per heavy atom. The van der Waals surface area contributed by atoms with E-state index in [4.69, 9.17) is 0 Å². The third-order valence-electron chi connectivity index (χ3n) is 3.62. The van der Waals surface area contributed by atoms with Gasteiger partial charge in [-0.1, -0.05) is 13.0 Å². The molecule has 1 unspecified atom stereocenters. The SMILES string of the molecule is CCCN=C(NCC)NC1CCN(c2c(F)cccc2F)C1.I. The average Bonchev–Trinajstić information content (AvgIpc) is 2.93. The molecule has 130 valence electrons. The lowest BCUT2D eigenvalue weighted by atomic mass is 10.2. The summed E-state index contributed by atoms with van der Waals surface area (Å²) in [5.74, 6) is -0.246. The standard InChI is InChI=1S/C16H24F2N4.HI/c1-3-9-20-16(19-4-2)21-12-8-10-22(11-12)15-13(17)6-5-7-14(15)18;/h5-7,12H,3-4,8-11H2,1-2H3,(H2,19,20,21);1H. The van der Waals surface area contributed by atoms with Crippen molar-refractivity contribution >= 4 is 35.6 Å². The Balaban J connectivity index is 0.00000264. The number of hydrogen-bond donors (Lipinski definition) is 2. The van der Waals surface area contributed by atoms with E-state index in [1.807, 2.05) is 6.92 Å². The van der Waals surface area contributed by atoms with Gasteiger partial charge in [0.2, 0.25) is 0 Å². The molecule has 1 heterocycles. The van der Waals surface area contributed by atoms with Gasteiger partial charge in [0.05, 0.1) is 0 Å². The second-order valence-corrected chi connectivity index (χ2v) is 5.41. The summed E-state index contributed by atoms with van der Waals surface area (Å²) in [6, 6.07) is 4.12. The first-order chi connectivity index (χ1) is 10.7. The van der Waals surface area contributed by atoms with Gasteiger partial charge in [-0.15, -0.1) is 24.0 Å². The minimum absolute atomic E-state index is 0. The van der Waals surface area contributed by atoms with Gasteiger partial charge in [-0.3, -0.25) is 4.99 Å². The van der Waals surface area contributed by atoms with Crippen LogP contribution in [-0.4, -0.2) is 38.2 Å². The fourth-order valence-corrected chi connectivity index (χ4v) is 2.61. The van der Waals surface area contributed by atoms with Crippen molar-refractivity contribution in [3.05, 3.63) is 29.8 Å². The van der Waals surface area contributed by atoms with E-state index < -0.39 is 11.6 Å². The van der Waals surface area contributed by atoms with Crippen molar-refractivity contribution in [1.82, 2.24) is 10.6 Å². The highest BCUT2D eigenvalue weighted by atomic mass is 127. The molecule has 2 N–H and O–H groups in total. The minimum Gasteiger partial charge on any atom is -0.365 e. The van der Waals surface area contributed by atoms with Crippen molar-refractivity contribution in [2.45, 2.75) is 32.7 Å². The first-order valence-electron chi connectivity index (χ1n) is 7.89.